The van der Waals surface area contributed by atoms with Crippen molar-refractivity contribution in [1.82, 2.24) is 15.8 Å². The lowest BCUT2D eigenvalue weighted by Gasteiger charge is -2.25. The third kappa shape index (κ3) is 3.61. The van der Waals surface area contributed by atoms with Gasteiger partial charge in [-0.15, -0.1) is 23.1 Å². The second-order valence-electron chi connectivity index (χ2n) is 5.80. The van der Waals surface area contributed by atoms with Gasteiger partial charge in [0, 0.05) is 10.6 Å². The summed E-state index contributed by atoms with van der Waals surface area (Å²) in [5.74, 6) is 0.0379. The summed E-state index contributed by atoms with van der Waals surface area (Å²) in [6, 6.07) is 12.4. The molecule has 2 aromatic rings. The van der Waals surface area contributed by atoms with Gasteiger partial charge in [-0.25, -0.2) is 4.79 Å². The minimum atomic E-state index is -1.14. The lowest BCUT2D eigenvalue weighted by atomic mass is 9.87. The van der Waals surface area contributed by atoms with Gasteiger partial charge in [-0.05, 0) is 23.4 Å². The fourth-order valence-corrected chi connectivity index (χ4v) is 4.50. The molecule has 26 heavy (non-hydrogen) atoms. The van der Waals surface area contributed by atoms with Crippen LogP contribution in [0, 0.1) is 0 Å². The van der Waals surface area contributed by atoms with E-state index < -0.39 is 17.5 Å². The van der Waals surface area contributed by atoms with Crippen molar-refractivity contribution in [2.75, 3.05) is 5.75 Å². The summed E-state index contributed by atoms with van der Waals surface area (Å²) in [6.45, 7) is 1.83. The van der Waals surface area contributed by atoms with E-state index in [2.05, 4.69) is 10.7 Å². The molecule has 1 aromatic carbocycles. The molecule has 1 aliphatic rings. The van der Waals surface area contributed by atoms with E-state index >= 15 is 0 Å². The smallest absolute Gasteiger partial charge is 0.318 e. The van der Waals surface area contributed by atoms with Crippen molar-refractivity contribution in [3.8, 4) is 0 Å². The van der Waals surface area contributed by atoms with Crippen molar-refractivity contribution < 1.29 is 14.4 Å². The number of urea groups is 1. The number of hydrazine groups is 1. The van der Waals surface area contributed by atoms with Crippen LogP contribution in [0.15, 0.2) is 47.8 Å². The van der Waals surface area contributed by atoms with Gasteiger partial charge in [-0.2, -0.15) is 5.01 Å². The third-order valence-electron chi connectivity index (χ3n) is 4.18. The van der Waals surface area contributed by atoms with Crippen LogP contribution in [0.2, 0.25) is 0 Å². The van der Waals surface area contributed by atoms with E-state index in [-0.39, 0.29) is 11.7 Å². The predicted octanol–water partition coefficient (Wildman–Crippen LogP) is 2.87. The molecular formula is C18H19N3O3S2. The molecular weight excluding hydrogens is 370 g/mol. The molecule has 1 atom stereocenters. The predicted molar refractivity (Wildman–Crippen MR) is 102 cm³/mol. The molecule has 0 unspecified atom stereocenters. The number of hydrogen-bond donors (Lipinski definition) is 2. The van der Waals surface area contributed by atoms with E-state index in [0.717, 1.165) is 5.01 Å². The zero-order chi connectivity index (χ0) is 18.6. The molecule has 1 aromatic heterocycles. The van der Waals surface area contributed by atoms with Crippen molar-refractivity contribution >= 4 is 40.9 Å². The van der Waals surface area contributed by atoms with Gasteiger partial charge in [-0.1, -0.05) is 43.3 Å². The monoisotopic (exact) mass is 389 g/mol. The zero-order valence-electron chi connectivity index (χ0n) is 14.2. The quantitative estimate of drug-likeness (QED) is 0.714. The second kappa shape index (κ2) is 7.92. The number of nitrogens with one attached hydrogen (secondary N) is 2. The third-order valence-corrected chi connectivity index (χ3v) is 6.22. The summed E-state index contributed by atoms with van der Waals surface area (Å²) in [5.41, 5.74) is 1.99. The molecule has 8 heteroatoms. The Hall–Kier alpha value is -2.32. The number of benzene rings is 1. The maximum Gasteiger partial charge on any atom is 0.344 e. The summed E-state index contributed by atoms with van der Waals surface area (Å²) < 4.78 is 0. The Balaban J connectivity index is 1.64. The number of amides is 4. The SMILES string of the molecule is CC[C@@]1(c2ccccc2)NC(=O)N(NC(=O)CSCc2cccs2)C1=O. The molecule has 2 heterocycles. The van der Waals surface area contributed by atoms with Crippen molar-refractivity contribution in [1.29, 1.82) is 0 Å². The zero-order valence-corrected chi connectivity index (χ0v) is 15.9. The number of carbonyl (C=O) groups is 3. The molecule has 3 rings (SSSR count). The Bertz CT molecular complexity index is 795. The van der Waals surface area contributed by atoms with E-state index in [1.807, 2.05) is 42.6 Å². The number of carbonyl (C=O) groups excluding carboxylic acids is 3. The van der Waals surface area contributed by atoms with Gasteiger partial charge in [0.25, 0.3) is 5.91 Å². The topological polar surface area (TPSA) is 78.5 Å². The standard InChI is InChI=1S/C18H19N3O3S2/c1-2-18(13-7-4-3-5-8-13)16(23)21(17(24)19-18)20-15(22)12-25-11-14-9-6-10-26-14/h3-10H,2,11-12H2,1H3,(H,19,24)(H,20,22)/t18-/m0/s1. The molecule has 1 saturated heterocycles. The number of thioether (sulfide) groups is 1. The van der Waals surface area contributed by atoms with E-state index in [9.17, 15) is 14.4 Å². The van der Waals surface area contributed by atoms with Crippen LogP contribution in [0.4, 0.5) is 4.79 Å². The Morgan fingerprint density at radius 1 is 1.23 bits per heavy atom. The van der Waals surface area contributed by atoms with Crippen molar-refractivity contribution in [3.63, 3.8) is 0 Å². The van der Waals surface area contributed by atoms with Crippen LogP contribution in [-0.4, -0.2) is 28.6 Å². The van der Waals surface area contributed by atoms with Crippen molar-refractivity contribution in [2.45, 2.75) is 24.6 Å². The summed E-state index contributed by atoms with van der Waals surface area (Å²) >= 11 is 3.06. The number of rotatable bonds is 7. The van der Waals surface area contributed by atoms with E-state index in [1.165, 1.54) is 16.6 Å². The van der Waals surface area contributed by atoms with Gasteiger partial charge in [0.2, 0.25) is 5.91 Å². The number of hydrogen-bond acceptors (Lipinski definition) is 5. The molecule has 0 aliphatic carbocycles. The molecule has 0 spiro atoms. The number of thiophene rings is 1. The van der Waals surface area contributed by atoms with Gasteiger partial charge in [-0.3, -0.25) is 15.0 Å². The number of imide groups is 1. The normalized spacial score (nSPS) is 19.5. The molecule has 1 fully saturated rings. The highest BCUT2D eigenvalue weighted by atomic mass is 32.2. The first-order valence-electron chi connectivity index (χ1n) is 8.18. The van der Waals surface area contributed by atoms with E-state index in [1.54, 1.807) is 23.5 Å². The highest BCUT2D eigenvalue weighted by molar-refractivity contribution is 7.99. The van der Waals surface area contributed by atoms with E-state index in [4.69, 9.17) is 0 Å². The Kier molecular flexibility index (Phi) is 5.63. The first-order valence-corrected chi connectivity index (χ1v) is 10.2. The maximum atomic E-state index is 12.9. The van der Waals surface area contributed by atoms with E-state index in [0.29, 0.717) is 17.7 Å². The summed E-state index contributed by atoms with van der Waals surface area (Å²) in [7, 11) is 0. The summed E-state index contributed by atoms with van der Waals surface area (Å²) in [6.07, 6.45) is 0.390. The molecule has 0 radical (unpaired) electrons. The molecule has 0 saturated carbocycles. The highest BCUT2D eigenvalue weighted by Crippen LogP contribution is 2.31. The van der Waals surface area contributed by atoms with Crippen LogP contribution in [-0.2, 0) is 20.9 Å². The molecule has 0 bridgehead atoms. The fourth-order valence-electron chi connectivity index (χ4n) is 2.83. The molecule has 4 amide bonds. The van der Waals surface area contributed by atoms with Gasteiger partial charge < -0.3 is 5.32 Å². The highest BCUT2D eigenvalue weighted by Gasteiger charge is 2.52. The average Bonchev–Trinajstić information content (AvgIpc) is 3.25. The second-order valence-corrected chi connectivity index (χ2v) is 7.82. The first-order chi connectivity index (χ1) is 12.6. The van der Waals surface area contributed by atoms with Crippen LogP contribution >= 0.6 is 23.1 Å². The Morgan fingerprint density at radius 2 is 2.00 bits per heavy atom. The molecule has 136 valence electrons. The van der Waals surface area contributed by atoms with Gasteiger partial charge in [0.15, 0.2) is 0 Å². The Morgan fingerprint density at radius 3 is 2.65 bits per heavy atom. The molecule has 2 N–H and O–H groups in total. The number of nitrogens with zero attached hydrogens (tertiary/aromatic N) is 1. The van der Waals surface area contributed by atoms with Gasteiger partial charge >= 0.3 is 6.03 Å². The fraction of sp³-hybridized carbons (Fsp3) is 0.278. The largest absolute Gasteiger partial charge is 0.344 e. The van der Waals surface area contributed by atoms with Crippen LogP contribution in [0.3, 0.4) is 0 Å². The minimum absolute atomic E-state index is 0.166. The molecule has 6 nitrogen and oxygen atoms in total. The lowest BCUT2D eigenvalue weighted by molar-refractivity contribution is -0.138. The minimum Gasteiger partial charge on any atom is -0.318 e. The molecule has 1 aliphatic heterocycles. The van der Waals surface area contributed by atoms with Crippen molar-refractivity contribution in [2.24, 2.45) is 0 Å². The Labute approximate surface area is 159 Å². The lowest BCUT2D eigenvalue weighted by Crippen LogP contribution is -2.49. The first kappa shape index (κ1) is 18.5. The van der Waals surface area contributed by atoms with Crippen LogP contribution in [0.5, 0.6) is 0 Å². The van der Waals surface area contributed by atoms with Crippen LogP contribution in [0.1, 0.15) is 23.8 Å². The summed E-state index contributed by atoms with van der Waals surface area (Å²) in [4.78, 5) is 38.5. The van der Waals surface area contributed by atoms with Gasteiger partial charge in [0.1, 0.15) is 5.54 Å². The van der Waals surface area contributed by atoms with Crippen LogP contribution < -0.4 is 10.7 Å². The summed E-state index contributed by atoms with van der Waals surface area (Å²) in [5, 5.41) is 5.51. The van der Waals surface area contributed by atoms with Crippen LogP contribution in [0.25, 0.3) is 0 Å². The van der Waals surface area contributed by atoms with Crippen molar-refractivity contribution in [3.05, 3.63) is 58.3 Å². The average molecular weight is 390 g/mol. The van der Waals surface area contributed by atoms with Gasteiger partial charge in [0.05, 0.1) is 5.75 Å². The maximum absolute atomic E-state index is 12.9.